The molecule has 80 valence electrons. The molecule has 6 heteroatoms. The highest BCUT2D eigenvalue weighted by molar-refractivity contribution is 14.1. The molecule has 0 aliphatic rings. The molecule has 0 unspecified atom stereocenters. The number of nitrogens with zero attached hydrogens (tertiary/aromatic N) is 3. The van der Waals surface area contributed by atoms with Gasteiger partial charge in [-0.15, -0.1) is 0 Å². The molecular formula is C10H5FIN3O. The number of rotatable bonds is 1. The van der Waals surface area contributed by atoms with Gasteiger partial charge in [0.1, 0.15) is 15.9 Å². The molecule has 0 aromatic carbocycles. The van der Waals surface area contributed by atoms with Gasteiger partial charge in [0, 0.05) is 6.20 Å². The standard InChI is InChI=1S/C10H5FIN3O/c11-4-7-9(12)10(16)15-2-1-6(5-13)3-8(15)14-7/h1-3H,4H2. The van der Waals surface area contributed by atoms with Crippen LogP contribution in [0.1, 0.15) is 11.3 Å². The van der Waals surface area contributed by atoms with Crippen LogP contribution < -0.4 is 5.56 Å². The van der Waals surface area contributed by atoms with Crippen LogP contribution in [-0.2, 0) is 6.67 Å². The number of fused-ring (bicyclic) bond motifs is 1. The number of hydrogen-bond donors (Lipinski definition) is 0. The fourth-order valence-corrected chi connectivity index (χ4v) is 1.85. The van der Waals surface area contributed by atoms with E-state index < -0.39 is 6.67 Å². The molecule has 0 atom stereocenters. The minimum atomic E-state index is -0.791. The molecule has 2 aromatic rings. The van der Waals surface area contributed by atoms with Crippen molar-refractivity contribution >= 4 is 28.2 Å². The van der Waals surface area contributed by atoms with E-state index in [1.807, 2.05) is 6.07 Å². The minimum Gasteiger partial charge on any atom is -0.268 e. The van der Waals surface area contributed by atoms with E-state index in [1.165, 1.54) is 22.7 Å². The average Bonchev–Trinajstić information content (AvgIpc) is 2.33. The summed E-state index contributed by atoms with van der Waals surface area (Å²) >= 11 is 1.77. The van der Waals surface area contributed by atoms with Gasteiger partial charge in [0.05, 0.1) is 17.3 Å². The summed E-state index contributed by atoms with van der Waals surface area (Å²) in [6.07, 6.45) is 1.47. The number of alkyl halides is 1. The lowest BCUT2D eigenvalue weighted by atomic mass is 10.3. The first-order valence-corrected chi connectivity index (χ1v) is 5.42. The highest BCUT2D eigenvalue weighted by Gasteiger charge is 2.09. The second-order valence-corrected chi connectivity index (χ2v) is 4.15. The summed E-state index contributed by atoms with van der Waals surface area (Å²) < 4.78 is 14.2. The zero-order valence-electron chi connectivity index (χ0n) is 7.94. The van der Waals surface area contributed by atoms with Crippen molar-refractivity contribution < 1.29 is 4.39 Å². The zero-order chi connectivity index (χ0) is 11.7. The number of nitriles is 1. The third-order valence-corrected chi connectivity index (χ3v) is 3.18. The zero-order valence-corrected chi connectivity index (χ0v) is 10.1. The van der Waals surface area contributed by atoms with E-state index in [0.717, 1.165) is 0 Å². The molecule has 0 radical (unpaired) electrons. The van der Waals surface area contributed by atoms with E-state index in [4.69, 9.17) is 5.26 Å². The van der Waals surface area contributed by atoms with Gasteiger partial charge in [0.25, 0.3) is 5.56 Å². The lowest BCUT2D eigenvalue weighted by Gasteiger charge is -2.03. The predicted molar refractivity (Wildman–Crippen MR) is 63.7 cm³/mol. The van der Waals surface area contributed by atoms with Crippen LogP contribution in [-0.4, -0.2) is 9.38 Å². The molecule has 0 N–H and O–H groups in total. The largest absolute Gasteiger partial charge is 0.271 e. The van der Waals surface area contributed by atoms with Crippen molar-refractivity contribution in [3.05, 3.63) is 43.5 Å². The van der Waals surface area contributed by atoms with Crippen LogP contribution in [0.5, 0.6) is 0 Å². The molecule has 0 saturated heterocycles. The molecule has 2 heterocycles. The summed E-state index contributed by atoms with van der Waals surface area (Å²) in [5.74, 6) is 0. The molecule has 2 rings (SSSR count). The summed E-state index contributed by atoms with van der Waals surface area (Å²) in [6.45, 7) is -0.791. The minimum absolute atomic E-state index is 0.112. The van der Waals surface area contributed by atoms with Crippen LogP contribution in [0.25, 0.3) is 5.65 Å². The molecule has 0 fully saturated rings. The van der Waals surface area contributed by atoms with E-state index in [2.05, 4.69) is 4.98 Å². The monoisotopic (exact) mass is 329 g/mol. The third-order valence-electron chi connectivity index (χ3n) is 2.10. The number of pyridine rings is 1. The van der Waals surface area contributed by atoms with E-state index in [0.29, 0.717) is 5.56 Å². The summed E-state index contributed by atoms with van der Waals surface area (Å²) in [6, 6.07) is 4.91. The van der Waals surface area contributed by atoms with Crippen LogP contribution in [0, 0.1) is 14.9 Å². The summed E-state index contributed by atoms with van der Waals surface area (Å²) in [4.78, 5) is 15.8. The molecule has 0 aliphatic carbocycles. The summed E-state index contributed by atoms with van der Waals surface area (Å²) in [5.41, 5.74) is 0.471. The maximum Gasteiger partial charge on any atom is 0.271 e. The maximum absolute atomic E-state index is 12.6. The Hall–Kier alpha value is -1.49. The Morgan fingerprint density at radius 2 is 2.38 bits per heavy atom. The molecule has 4 nitrogen and oxygen atoms in total. The van der Waals surface area contributed by atoms with Gasteiger partial charge < -0.3 is 0 Å². The molecule has 0 amide bonds. The van der Waals surface area contributed by atoms with Crippen molar-refractivity contribution in [1.29, 1.82) is 5.26 Å². The van der Waals surface area contributed by atoms with Gasteiger partial charge in [0.15, 0.2) is 0 Å². The lowest BCUT2D eigenvalue weighted by molar-refractivity contribution is 0.473. The first kappa shape index (κ1) is 11.0. The second-order valence-electron chi connectivity index (χ2n) is 3.07. The lowest BCUT2D eigenvalue weighted by Crippen LogP contribution is -2.20. The van der Waals surface area contributed by atoms with Crippen LogP contribution in [0.15, 0.2) is 23.1 Å². The van der Waals surface area contributed by atoms with Crippen LogP contribution in [0.3, 0.4) is 0 Å². The average molecular weight is 329 g/mol. The van der Waals surface area contributed by atoms with Gasteiger partial charge in [-0.1, -0.05) is 0 Å². The van der Waals surface area contributed by atoms with E-state index in [1.54, 1.807) is 22.6 Å². The molecule has 0 bridgehead atoms. The van der Waals surface area contributed by atoms with Gasteiger partial charge in [0.2, 0.25) is 0 Å². The van der Waals surface area contributed by atoms with Gasteiger partial charge in [-0.25, -0.2) is 9.37 Å². The molecule has 0 aliphatic heterocycles. The number of halogens is 2. The molecule has 16 heavy (non-hydrogen) atoms. The van der Waals surface area contributed by atoms with Crippen molar-refractivity contribution in [1.82, 2.24) is 9.38 Å². The third kappa shape index (κ3) is 1.67. The normalized spacial score (nSPS) is 10.3. The van der Waals surface area contributed by atoms with Crippen molar-refractivity contribution in [3.8, 4) is 6.07 Å². The summed E-state index contributed by atoms with van der Waals surface area (Å²) in [5, 5.41) is 8.71. The molecular weight excluding hydrogens is 324 g/mol. The summed E-state index contributed by atoms with van der Waals surface area (Å²) in [7, 11) is 0. The van der Waals surface area contributed by atoms with Crippen LogP contribution in [0.4, 0.5) is 4.39 Å². The molecule has 0 spiro atoms. The van der Waals surface area contributed by atoms with Crippen molar-refractivity contribution in [2.45, 2.75) is 6.67 Å². The Morgan fingerprint density at radius 3 is 3.00 bits per heavy atom. The molecule has 0 saturated carbocycles. The first-order chi connectivity index (χ1) is 7.67. The Labute approximate surface area is 103 Å². The highest BCUT2D eigenvalue weighted by atomic mass is 127. The Bertz CT molecular complexity index is 659. The number of hydrogen-bond acceptors (Lipinski definition) is 3. The highest BCUT2D eigenvalue weighted by Crippen LogP contribution is 2.09. The van der Waals surface area contributed by atoms with E-state index in [9.17, 15) is 9.18 Å². The SMILES string of the molecule is N#Cc1ccn2c(=O)c(I)c(CF)nc2c1. The Balaban J connectivity index is 2.89. The van der Waals surface area contributed by atoms with E-state index >= 15 is 0 Å². The predicted octanol–water partition coefficient (Wildman–Crippen LogP) is 1.64. The number of aromatic nitrogens is 2. The van der Waals surface area contributed by atoms with Crippen LogP contribution in [0.2, 0.25) is 0 Å². The fraction of sp³-hybridized carbons (Fsp3) is 0.100. The van der Waals surface area contributed by atoms with Crippen molar-refractivity contribution in [2.24, 2.45) is 0 Å². The van der Waals surface area contributed by atoms with Crippen molar-refractivity contribution in [3.63, 3.8) is 0 Å². The Kier molecular flexibility index (Phi) is 2.87. The van der Waals surface area contributed by atoms with Crippen LogP contribution >= 0.6 is 22.6 Å². The topological polar surface area (TPSA) is 58.2 Å². The van der Waals surface area contributed by atoms with E-state index in [-0.39, 0.29) is 20.5 Å². The molecule has 2 aromatic heterocycles. The maximum atomic E-state index is 12.6. The first-order valence-electron chi connectivity index (χ1n) is 4.34. The quantitative estimate of drug-likeness (QED) is 0.748. The van der Waals surface area contributed by atoms with Gasteiger partial charge in [-0.05, 0) is 34.7 Å². The van der Waals surface area contributed by atoms with Gasteiger partial charge >= 0.3 is 0 Å². The fourth-order valence-electron chi connectivity index (χ4n) is 1.32. The van der Waals surface area contributed by atoms with Gasteiger partial charge in [-0.3, -0.25) is 9.20 Å². The smallest absolute Gasteiger partial charge is 0.268 e. The second kappa shape index (κ2) is 4.17. The van der Waals surface area contributed by atoms with Gasteiger partial charge in [-0.2, -0.15) is 5.26 Å². The van der Waals surface area contributed by atoms with Crippen molar-refractivity contribution in [2.75, 3.05) is 0 Å². The Morgan fingerprint density at radius 1 is 1.62 bits per heavy atom.